The summed E-state index contributed by atoms with van der Waals surface area (Å²) in [6, 6.07) is 8.24. The van der Waals surface area contributed by atoms with Crippen LogP contribution in [0.2, 0.25) is 0 Å². The van der Waals surface area contributed by atoms with Crippen molar-refractivity contribution in [2.45, 2.75) is 90.1 Å². The Morgan fingerprint density at radius 3 is 2.41 bits per heavy atom. The van der Waals surface area contributed by atoms with Crippen molar-refractivity contribution in [2.24, 2.45) is 17.8 Å². The van der Waals surface area contributed by atoms with Crippen molar-refractivity contribution in [1.82, 2.24) is 9.36 Å². The van der Waals surface area contributed by atoms with Gasteiger partial charge in [-0.25, -0.2) is 4.98 Å². The molecule has 1 aromatic heterocycles. The summed E-state index contributed by atoms with van der Waals surface area (Å²) in [5.41, 5.74) is 4.21. The highest BCUT2D eigenvalue weighted by Crippen LogP contribution is 2.42. The summed E-state index contributed by atoms with van der Waals surface area (Å²) in [7, 11) is 1.71. The molecule has 1 amide bonds. The molecule has 5 rings (SSSR count). The predicted molar refractivity (Wildman–Crippen MR) is 167 cm³/mol. The van der Waals surface area contributed by atoms with Gasteiger partial charge in [-0.15, -0.1) is 0 Å². The first-order chi connectivity index (χ1) is 19.8. The molecule has 6 nitrogen and oxygen atoms in total. The molecule has 0 spiro atoms. The number of nitrogens with zero attached hydrogens (tertiary/aromatic N) is 3. The van der Waals surface area contributed by atoms with E-state index in [9.17, 15) is 9.90 Å². The first-order valence-corrected chi connectivity index (χ1v) is 16.1. The topological polar surface area (TPSA) is 75.5 Å². The molecule has 0 aliphatic heterocycles. The molecule has 0 saturated heterocycles. The second kappa shape index (κ2) is 13.5. The second-order valence-electron chi connectivity index (χ2n) is 12.4. The number of hydrogen-bond donors (Lipinski definition) is 1. The molecule has 0 atom stereocenters. The molecule has 0 radical (unpaired) electrons. The van der Waals surface area contributed by atoms with Crippen LogP contribution in [0.5, 0.6) is 0 Å². The average Bonchev–Trinajstić information content (AvgIpc) is 3.72. The molecule has 1 N–H and O–H groups in total. The van der Waals surface area contributed by atoms with Gasteiger partial charge < -0.3 is 14.7 Å². The third-order valence-electron chi connectivity index (χ3n) is 9.07. The Hall–Kier alpha value is -2.77. The fourth-order valence-corrected chi connectivity index (χ4v) is 7.10. The highest BCUT2D eigenvalue weighted by Gasteiger charge is 2.33. The van der Waals surface area contributed by atoms with Gasteiger partial charge in [0.05, 0.1) is 13.2 Å². The van der Waals surface area contributed by atoms with Crippen molar-refractivity contribution in [3.05, 3.63) is 64.9 Å². The highest BCUT2D eigenvalue weighted by molar-refractivity contribution is 7.05. The van der Waals surface area contributed by atoms with Crippen molar-refractivity contribution < 1.29 is 14.6 Å². The molecule has 1 aromatic carbocycles. The first-order valence-electron chi connectivity index (χ1n) is 15.3. The fourth-order valence-electron chi connectivity index (χ4n) is 6.26. The van der Waals surface area contributed by atoms with Crippen LogP contribution in [-0.2, 0) is 9.53 Å². The van der Waals surface area contributed by atoms with Crippen LogP contribution in [0.4, 0.5) is 5.69 Å². The normalized spacial score (nSPS) is 24.7. The number of aliphatic hydroxyl groups is 1. The minimum absolute atomic E-state index is 0.0350. The summed E-state index contributed by atoms with van der Waals surface area (Å²) in [6.07, 6.45) is 13.5. The number of hydrogen-bond acceptors (Lipinski definition) is 6. The molecule has 0 unspecified atom stereocenters. The number of carbonyl (C=O) groups excluding carboxylic acids is 1. The highest BCUT2D eigenvalue weighted by atomic mass is 32.1. The van der Waals surface area contributed by atoms with E-state index in [0.717, 1.165) is 84.1 Å². The van der Waals surface area contributed by atoms with E-state index < -0.39 is 0 Å². The van der Waals surface area contributed by atoms with E-state index in [1.807, 2.05) is 30.9 Å². The molecule has 3 aliphatic carbocycles. The number of ether oxygens (including phenoxy) is 1. The Bertz CT molecular complexity index is 1270. The molecule has 220 valence electrons. The predicted octanol–water partition coefficient (Wildman–Crippen LogP) is 7.83. The number of aromatic nitrogens is 2. The summed E-state index contributed by atoms with van der Waals surface area (Å²) in [4.78, 5) is 20.9. The summed E-state index contributed by atoms with van der Waals surface area (Å²) in [5.74, 6) is 3.30. The van der Waals surface area contributed by atoms with Gasteiger partial charge in [-0.05, 0) is 125 Å². The summed E-state index contributed by atoms with van der Waals surface area (Å²) >= 11 is 1.51. The van der Waals surface area contributed by atoms with Crippen molar-refractivity contribution >= 4 is 23.1 Å². The SMILES string of the molecule is C=C(/C=C\C(OC)=C(C)C)[C@H]1CC[C@H](CN(c2cccc(-c3nsc(C4CC4)n3)c2)C(=O)[C@H]2CC[C@H](O)CC2)CC1. The number of amides is 1. The van der Waals surface area contributed by atoms with Gasteiger partial charge in [-0.3, -0.25) is 4.79 Å². The van der Waals surface area contributed by atoms with Gasteiger partial charge in [-0.1, -0.05) is 30.4 Å². The molecule has 3 aliphatic rings. The molecule has 1 heterocycles. The first kappa shape index (κ1) is 29.7. The summed E-state index contributed by atoms with van der Waals surface area (Å²) in [6.45, 7) is 9.19. The fraction of sp³-hybridized carbons (Fsp3) is 0.559. The quantitative estimate of drug-likeness (QED) is 0.231. The number of methoxy groups -OCH3 is 1. The van der Waals surface area contributed by atoms with Gasteiger partial charge in [-0.2, -0.15) is 4.37 Å². The largest absolute Gasteiger partial charge is 0.497 e. The maximum absolute atomic E-state index is 14.0. The number of allylic oxidation sites excluding steroid dienone is 4. The van der Waals surface area contributed by atoms with Crippen LogP contribution in [0.25, 0.3) is 11.4 Å². The Balaban J connectivity index is 1.29. The van der Waals surface area contributed by atoms with E-state index in [1.54, 1.807) is 7.11 Å². The Morgan fingerprint density at radius 1 is 1.05 bits per heavy atom. The van der Waals surface area contributed by atoms with Gasteiger partial charge in [0.15, 0.2) is 5.82 Å². The van der Waals surface area contributed by atoms with E-state index in [2.05, 4.69) is 35.2 Å². The molecule has 41 heavy (non-hydrogen) atoms. The summed E-state index contributed by atoms with van der Waals surface area (Å²) < 4.78 is 10.1. The van der Waals surface area contributed by atoms with Gasteiger partial charge in [0.1, 0.15) is 10.8 Å². The molecule has 3 fully saturated rings. The van der Waals surface area contributed by atoms with E-state index in [-0.39, 0.29) is 17.9 Å². The number of rotatable bonds is 10. The van der Waals surface area contributed by atoms with Crippen LogP contribution < -0.4 is 4.90 Å². The lowest BCUT2D eigenvalue weighted by Crippen LogP contribution is -2.42. The Kier molecular flexibility index (Phi) is 9.76. The molecule has 7 heteroatoms. The minimum atomic E-state index is -0.277. The third-order valence-corrected chi connectivity index (χ3v) is 9.95. The smallest absolute Gasteiger partial charge is 0.230 e. The molecule has 2 aromatic rings. The molecular formula is C34H45N3O3S. The lowest BCUT2D eigenvalue weighted by atomic mass is 9.78. The van der Waals surface area contributed by atoms with Crippen LogP contribution in [-0.4, -0.2) is 40.1 Å². The lowest BCUT2D eigenvalue weighted by Gasteiger charge is -2.36. The van der Waals surface area contributed by atoms with Crippen LogP contribution in [0, 0.1) is 17.8 Å². The monoisotopic (exact) mass is 575 g/mol. The zero-order chi connectivity index (χ0) is 28.9. The zero-order valence-corrected chi connectivity index (χ0v) is 25.7. The maximum atomic E-state index is 14.0. The third kappa shape index (κ3) is 7.55. The summed E-state index contributed by atoms with van der Waals surface area (Å²) in [5, 5.41) is 11.2. The van der Waals surface area contributed by atoms with Crippen molar-refractivity contribution in [2.75, 3.05) is 18.6 Å². The van der Waals surface area contributed by atoms with E-state index >= 15 is 0 Å². The van der Waals surface area contributed by atoms with Crippen molar-refractivity contribution in [3.63, 3.8) is 0 Å². The van der Waals surface area contributed by atoms with Gasteiger partial charge in [0.25, 0.3) is 0 Å². The number of carbonyl (C=O) groups is 1. The van der Waals surface area contributed by atoms with Gasteiger partial charge in [0, 0.05) is 29.6 Å². The van der Waals surface area contributed by atoms with Crippen LogP contribution in [0.15, 0.2) is 59.9 Å². The standard InChI is InChI=1S/C34H45N3O3S/c1-22(2)31(40-4)19-8-23(3)25-11-9-24(10-12-25)21-37(34(39)27-15-17-30(38)18-16-27)29-7-5-6-28(20-29)32-35-33(41-36-32)26-13-14-26/h5-8,19-20,24-27,30,38H,3,9-18,21H2,1-2,4H3/b19-8-/t24-,25-,27-,30-. The maximum Gasteiger partial charge on any atom is 0.230 e. The molecule has 3 saturated carbocycles. The van der Waals surface area contributed by atoms with Crippen molar-refractivity contribution in [1.29, 1.82) is 0 Å². The van der Waals surface area contributed by atoms with Crippen LogP contribution in [0.3, 0.4) is 0 Å². The van der Waals surface area contributed by atoms with Gasteiger partial charge in [0.2, 0.25) is 5.91 Å². The van der Waals surface area contributed by atoms with E-state index in [1.165, 1.54) is 24.4 Å². The van der Waals surface area contributed by atoms with E-state index in [0.29, 0.717) is 30.6 Å². The van der Waals surface area contributed by atoms with Gasteiger partial charge >= 0.3 is 0 Å². The number of anilines is 1. The van der Waals surface area contributed by atoms with E-state index in [4.69, 9.17) is 9.72 Å². The van der Waals surface area contributed by atoms with Crippen LogP contribution in [0.1, 0.15) is 89.0 Å². The Labute approximate surface area is 249 Å². The number of benzene rings is 1. The second-order valence-corrected chi connectivity index (χ2v) is 13.2. The molecule has 0 bridgehead atoms. The lowest BCUT2D eigenvalue weighted by molar-refractivity contribution is -0.124. The average molecular weight is 576 g/mol. The Morgan fingerprint density at radius 2 is 1.76 bits per heavy atom. The molecular weight excluding hydrogens is 530 g/mol. The van der Waals surface area contributed by atoms with Crippen molar-refractivity contribution in [3.8, 4) is 11.4 Å². The minimum Gasteiger partial charge on any atom is -0.497 e. The zero-order valence-electron chi connectivity index (χ0n) is 24.8. The number of aliphatic hydroxyl groups excluding tert-OH is 1. The van der Waals surface area contributed by atoms with Crippen LogP contribution >= 0.6 is 11.5 Å².